The molecule has 18 heavy (non-hydrogen) atoms. The third kappa shape index (κ3) is 1.24. The van der Waals surface area contributed by atoms with Crippen LogP contribution >= 0.6 is 0 Å². The van der Waals surface area contributed by atoms with Crippen LogP contribution in [0.1, 0.15) is 17.7 Å². The van der Waals surface area contributed by atoms with Crippen molar-refractivity contribution in [2.75, 3.05) is 0 Å². The topological polar surface area (TPSA) is 43.1 Å². The SMILES string of the molecule is O=c1c2ccccc2oc2nc3c(cc12)CCC3. The van der Waals surface area contributed by atoms with Crippen LogP contribution in [0.15, 0.2) is 39.5 Å². The summed E-state index contributed by atoms with van der Waals surface area (Å²) in [5.41, 5.74) is 3.39. The first-order valence-corrected chi connectivity index (χ1v) is 6.17. The molecule has 3 aromatic rings. The normalized spacial score (nSPS) is 14.2. The maximum Gasteiger partial charge on any atom is 0.230 e. The fourth-order valence-electron chi connectivity index (χ4n) is 2.69. The van der Waals surface area contributed by atoms with Gasteiger partial charge in [0.2, 0.25) is 11.1 Å². The molecule has 0 aliphatic heterocycles. The summed E-state index contributed by atoms with van der Waals surface area (Å²) >= 11 is 0. The Morgan fingerprint density at radius 3 is 2.94 bits per heavy atom. The summed E-state index contributed by atoms with van der Waals surface area (Å²) in [6.45, 7) is 0. The molecular formula is C15H11NO2. The van der Waals surface area contributed by atoms with Crippen molar-refractivity contribution in [3.63, 3.8) is 0 Å². The maximum absolute atomic E-state index is 12.4. The van der Waals surface area contributed by atoms with Gasteiger partial charge in [-0.05, 0) is 43.0 Å². The molecule has 88 valence electrons. The van der Waals surface area contributed by atoms with Crippen molar-refractivity contribution in [3.05, 3.63) is 51.8 Å². The Hall–Kier alpha value is -2.16. The van der Waals surface area contributed by atoms with E-state index in [-0.39, 0.29) is 5.43 Å². The predicted octanol–water partition coefficient (Wildman–Crippen LogP) is 2.83. The van der Waals surface area contributed by atoms with E-state index in [0.717, 1.165) is 25.0 Å². The van der Waals surface area contributed by atoms with Crippen LogP contribution in [-0.4, -0.2) is 4.98 Å². The molecule has 1 aromatic carbocycles. The molecule has 1 aliphatic carbocycles. The third-order valence-electron chi connectivity index (χ3n) is 3.60. The minimum Gasteiger partial charge on any atom is -0.437 e. The van der Waals surface area contributed by atoms with Crippen molar-refractivity contribution in [3.8, 4) is 0 Å². The van der Waals surface area contributed by atoms with E-state index >= 15 is 0 Å². The van der Waals surface area contributed by atoms with Gasteiger partial charge in [0.1, 0.15) is 5.58 Å². The van der Waals surface area contributed by atoms with Gasteiger partial charge in [0.15, 0.2) is 0 Å². The predicted molar refractivity (Wildman–Crippen MR) is 69.8 cm³/mol. The average molecular weight is 237 g/mol. The first kappa shape index (κ1) is 9.83. The fraction of sp³-hybridized carbons (Fsp3) is 0.200. The number of para-hydroxylation sites is 1. The van der Waals surface area contributed by atoms with Crippen molar-refractivity contribution in [1.82, 2.24) is 4.98 Å². The number of rotatable bonds is 0. The van der Waals surface area contributed by atoms with Gasteiger partial charge in [-0.15, -0.1) is 0 Å². The van der Waals surface area contributed by atoms with E-state index in [9.17, 15) is 4.79 Å². The Bertz CT molecular complexity index is 833. The lowest BCUT2D eigenvalue weighted by molar-refractivity contribution is 0.642. The van der Waals surface area contributed by atoms with Crippen LogP contribution in [0.5, 0.6) is 0 Å². The van der Waals surface area contributed by atoms with Gasteiger partial charge in [-0.1, -0.05) is 12.1 Å². The molecule has 3 heteroatoms. The van der Waals surface area contributed by atoms with Crippen molar-refractivity contribution < 1.29 is 4.42 Å². The second-order valence-electron chi connectivity index (χ2n) is 4.73. The lowest BCUT2D eigenvalue weighted by Gasteiger charge is -2.03. The molecule has 0 bridgehead atoms. The summed E-state index contributed by atoms with van der Waals surface area (Å²) in [6.07, 6.45) is 3.12. The minimum atomic E-state index is 0.0223. The molecule has 0 amide bonds. The number of nitrogens with zero attached hydrogens (tertiary/aromatic N) is 1. The highest BCUT2D eigenvalue weighted by molar-refractivity contribution is 5.88. The molecule has 0 N–H and O–H groups in total. The van der Waals surface area contributed by atoms with Crippen LogP contribution in [0.2, 0.25) is 0 Å². The molecule has 0 atom stereocenters. The zero-order valence-electron chi connectivity index (χ0n) is 9.77. The highest BCUT2D eigenvalue weighted by Gasteiger charge is 2.16. The summed E-state index contributed by atoms with van der Waals surface area (Å²) in [5.74, 6) is 0. The van der Waals surface area contributed by atoms with E-state index in [1.165, 1.54) is 5.56 Å². The number of aryl methyl sites for hydroxylation is 2. The Morgan fingerprint density at radius 2 is 2.00 bits per heavy atom. The Balaban J connectivity index is 2.22. The third-order valence-corrected chi connectivity index (χ3v) is 3.60. The lowest BCUT2D eigenvalue weighted by atomic mass is 10.1. The van der Waals surface area contributed by atoms with Gasteiger partial charge in [0.25, 0.3) is 0 Å². The summed E-state index contributed by atoms with van der Waals surface area (Å²) in [4.78, 5) is 16.9. The van der Waals surface area contributed by atoms with Crippen LogP contribution < -0.4 is 5.43 Å². The molecule has 2 aromatic heterocycles. The highest BCUT2D eigenvalue weighted by Crippen LogP contribution is 2.24. The number of aromatic nitrogens is 1. The molecule has 2 heterocycles. The van der Waals surface area contributed by atoms with Crippen LogP contribution in [0.25, 0.3) is 22.1 Å². The summed E-state index contributed by atoms with van der Waals surface area (Å²) in [7, 11) is 0. The van der Waals surface area contributed by atoms with Gasteiger partial charge in [-0.25, -0.2) is 4.98 Å². The second kappa shape index (κ2) is 3.42. The van der Waals surface area contributed by atoms with Gasteiger partial charge < -0.3 is 4.42 Å². The average Bonchev–Trinajstić information content (AvgIpc) is 2.84. The number of benzene rings is 1. The molecule has 0 saturated carbocycles. The molecule has 0 saturated heterocycles. The van der Waals surface area contributed by atoms with E-state index in [1.54, 1.807) is 6.07 Å². The van der Waals surface area contributed by atoms with Crippen LogP contribution in [0, 0.1) is 0 Å². The molecular weight excluding hydrogens is 226 g/mol. The fourth-order valence-corrected chi connectivity index (χ4v) is 2.69. The van der Waals surface area contributed by atoms with Gasteiger partial charge in [0, 0.05) is 5.69 Å². The Labute approximate surface area is 103 Å². The quantitative estimate of drug-likeness (QED) is 0.565. The molecule has 0 spiro atoms. The van der Waals surface area contributed by atoms with Gasteiger partial charge in [-0.2, -0.15) is 0 Å². The molecule has 0 fully saturated rings. The highest BCUT2D eigenvalue weighted by atomic mass is 16.3. The zero-order valence-corrected chi connectivity index (χ0v) is 9.77. The van der Waals surface area contributed by atoms with Gasteiger partial charge >= 0.3 is 0 Å². The van der Waals surface area contributed by atoms with Crippen LogP contribution in [0.3, 0.4) is 0 Å². The minimum absolute atomic E-state index is 0.0223. The van der Waals surface area contributed by atoms with Gasteiger partial charge in [-0.3, -0.25) is 4.79 Å². The van der Waals surface area contributed by atoms with E-state index in [1.807, 2.05) is 24.3 Å². The van der Waals surface area contributed by atoms with E-state index in [4.69, 9.17) is 4.42 Å². The molecule has 4 rings (SSSR count). The van der Waals surface area contributed by atoms with Crippen LogP contribution in [0.4, 0.5) is 0 Å². The summed E-state index contributed by atoms with van der Waals surface area (Å²) in [5, 5.41) is 1.24. The zero-order chi connectivity index (χ0) is 12.1. The largest absolute Gasteiger partial charge is 0.437 e. The Kier molecular flexibility index (Phi) is 1.87. The molecule has 3 nitrogen and oxygen atoms in total. The molecule has 0 unspecified atom stereocenters. The maximum atomic E-state index is 12.4. The van der Waals surface area contributed by atoms with Gasteiger partial charge in [0.05, 0.1) is 10.8 Å². The number of pyridine rings is 1. The van der Waals surface area contributed by atoms with E-state index < -0.39 is 0 Å². The van der Waals surface area contributed by atoms with Crippen molar-refractivity contribution in [1.29, 1.82) is 0 Å². The van der Waals surface area contributed by atoms with Crippen LogP contribution in [-0.2, 0) is 12.8 Å². The van der Waals surface area contributed by atoms with Crippen molar-refractivity contribution >= 4 is 22.1 Å². The van der Waals surface area contributed by atoms with E-state index in [0.29, 0.717) is 22.1 Å². The number of hydrogen-bond donors (Lipinski definition) is 0. The first-order valence-electron chi connectivity index (χ1n) is 6.17. The van der Waals surface area contributed by atoms with Crippen molar-refractivity contribution in [2.24, 2.45) is 0 Å². The monoisotopic (exact) mass is 237 g/mol. The first-order chi connectivity index (χ1) is 8.83. The smallest absolute Gasteiger partial charge is 0.230 e. The Morgan fingerprint density at radius 1 is 1.11 bits per heavy atom. The standard InChI is InChI=1S/C15H11NO2/c17-14-10-5-1-2-7-13(10)18-15-11(14)8-9-4-3-6-12(9)16-15/h1-2,5,7-8H,3-4,6H2. The van der Waals surface area contributed by atoms with E-state index in [2.05, 4.69) is 4.98 Å². The van der Waals surface area contributed by atoms with Crippen molar-refractivity contribution in [2.45, 2.75) is 19.3 Å². The summed E-state index contributed by atoms with van der Waals surface area (Å²) in [6, 6.07) is 9.29. The molecule has 0 radical (unpaired) electrons. The summed E-state index contributed by atoms with van der Waals surface area (Å²) < 4.78 is 5.74. The number of hydrogen-bond acceptors (Lipinski definition) is 3. The number of fused-ring (bicyclic) bond motifs is 3. The molecule has 1 aliphatic rings. The second-order valence-corrected chi connectivity index (χ2v) is 4.73. The lowest BCUT2D eigenvalue weighted by Crippen LogP contribution is -2.04.